The van der Waals surface area contributed by atoms with E-state index in [-0.39, 0.29) is 18.4 Å². The Bertz CT molecular complexity index is 529. The van der Waals surface area contributed by atoms with Crippen molar-refractivity contribution in [2.24, 2.45) is 5.92 Å². The van der Waals surface area contributed by atoms with Gasteiger partial charge in [0, 0.05) is 12.5 Å². The lowest BCUT2D eigenvalue weighted by molar-refractivity contribution is -0.151. The number of carboxylic acid groups (broad SMARTS) is 1. The van der Waals surface area contributed by atoms with Crippen molar-refractivity contribution in [3.05, 3.63) is 35.9 Å². The number of hydrogen-bond acceptors (Lipinski definition) is 3. The first-order valence-corrected chi connectivity index (χ1v) is 7.97. The Morgan fingerprint density at radius 3 is 2.22 bits per heavy atom. The number of nitrogens with zero attached hydrogens (tertiary/aromatic N) is 1. The van der Waals surface area contributed by atoms with Crippen LogP contribution in [0.4, 0.5) is 4.79 Å². The van der Waals surface area contributed by atoms with Gasteiger partial charge in [0.1, 0.15) is 5.54 Å². The topological polar surface area (TPSA) is 66.8 Å². The number of benzene rings is 1. The van der Waals surface area contributed by atoms with E-state index in [1.807, 2.05) is 51.1 Å². The first-order valence-electron chi connectivity index (χ1n) is 7.97. The molecule has 0 saturated carbocycles. The fraction of sp³-hybridized carbons (Fsp3) is 0.556. The predicted molar refractivity (Wildman–Crippen MR) is 89.5 cm³/mol. The third-order valence-corrected chi connectivity index (χ3v) is 4.17. The van der Waals surface area contributed by atoms with Gasteiger partial charge in [-0.1, -0.05) is 51.1 Å². The number of rotatable bonds is 7. The van der Waals surface area contributed by atoms with Gasteiger partial charge in [-0.25, -0.2) is 9.59 Å². The molecule has 5 heteroatoms. The lowest BCUT2D eigenvalue weighted by atomic mass is 9.80. The van der Waals surface area contributed by atoms with Gasteiger partial charge in [0.25, 0.3) is 0 Å². The first-order chi connectivity index (χ1) is 10.7. The predicted octanol–water partition coefficient (Wildman–Crippen LogP) is 3.75. The summed E-state index contributed by atoms with van der Waals surface area (Å²) in [5, 5.41) is 9.92. The van der Waals surface area contributed by atoms with Crippen LogP contribution in [0.15, 0.2) is 30.3 Å². The van der Waals surface area contributed by atoms with Crippen LogP contribution >= 0.6 is 0 Å². The van der Waals surface area contributed by atoms with E-state index in [4.69, 9.17) is 4.74 Å². The van der Waals surface area contributed by atoms with Crippen molar-refractivity contribution in [1.82, 2.24) is 4.90 Å². The molecule has 0 radical (unpaired) electrons. The molecule has 2 atom stereocenters. The molecule has 1 N–H and O–H groups in total. The van der Waals surface area contributed by atoms with Gasteiger partial charge in [0.2, 0.25) is 0 Å². The van der Waals surface area contributed by atoms with Crippen LogP contribution in [-0.4, -0.2) is 40.8 Å². The lowest BCUT2D eigenvalue weighted by Gasteiger charge is -2.42. The molecule has 0 heterocycles. The molecule has 5 nitrogen and oxygen atoms in total. The summed E-state index contributed by atoms with van der Waals surface area (Å²) in [7, 11) is 0. The van der Waals surface area contributed by atoms with Crippen LogP contribution in [0.5, 0.6) is 0 Å². The number of aliphatic carboxylic acids is 1. The molecule has 1 aromatic rings. The molecule has 23 heavy (non-hydrogen) atoms. The Labute approximate surface area is 138 Å². The van der Waals surface area contributed by atoms with Gasteiger partial charge in [0.15, 0.2) is 0 Å². The fourth-order valence-electron chi connectivity index (χ4n) is 2.62. The van der Waals surface area contributed by atoms with Gasteiger partial charge in [0.05, 0.1) is 6.61 Å². The quantitative estimate of drug-likeness (QED) is 0.830. The molecule has 0 spiro atoms. The molecule has 0 aromatic heterocycles. The minimum atomic E-state index is -1.39. The normalized spacial score (nSPS) is 14.9. The van der Waals surface area contributed by atoms with Crippen LogP contribution in [0.25, 0.3) is 0 Å². The molecule has 0 aliphatic carbocycles. The zero-order chi connectivity index (χ0) is 17.6. The summed E-state index contributed by atoms with van der Waals surface area (Å²) in [6, 6.07) is 9.37. The van der Waals surface area contributed by atoms with Crippen molar-refractivity contribution in [3.8, 4) is 0 Å². The van der Waals surface area contributed by atoms with E-state index in [2.05, 4.69) is 0 Å². The summed E-state index contributed by atoms with van der Waals surface area (Å²) >= 11 is 0. The summed E-state index contributed by atoms with van der Waals surface area (Å²) in [6.07, 6.45) is -0.589. The van der Waals surface area contributed by atoms with Crippen molar-refractivity contribution >= 4 is 12.1 Å². The number of carbonyl (C=O) groups excluding carboxylic acids is 1. The molecule has 0 aliphatic heterocycles. The monoisotopic (exact) mass is 321 g/mol. The zero-order valence-corrected chi connectivity index (χ0v) is 14.6. The molecule has 1 aromatic carbocycles. The van der Waals surface area contributed by atoms with Crippen LogP contribution < -0.4 is 0 Å². The molecule has 0 bridgehead atoms. The molecule has 1 rings (SSSR count). The van der Waals surface area contributed by atoms with Crippen LogP contribution in [0.3, 0.4) is 0 Å². The van der Waals surface area contributed by atoms with Crippen LogP contribution in [0.1, 0.15) is 46.1 Å². The second kappa shape index (κ2) is 7.99. The Morgan fingerprint density at radius 2 is 1.78 bits per heavy atom. The van der Waals surface area contributed by atoms with E-state index < -0.39 is 17.6 Å². The minimum absolute atomic E-state index is 0.126. The van der Waals surface area contributed by atoms with Crippen molar-refractivity contribution in [2.45, 2.75) is 46.1 Å². The minimum Gasteiger partial charge on any atom is -0.479 e. The van der Waals surface area contributed by atoms with Crippen molar-refractivity contribution in [3.63, 3.8) is 0 Å². The molecule has 0 aliphatic rings. The fourth-order valence-corrected chi connectivity index (χ4v) is 2.62. The molecule has 0 fully saturated rings. The zero-order valence-electron chi connectivity index (χ0n) is 14.6. The second-order valence-corrected chi connectivity index (χ2v) is 6.29. The third kappa shape index (κ3) is 4.24. The summed E-state index contributed by atoms with van der Waals surface area (Å²) in [5.41, 5.74) is -0.520. The maximum atomic E-state index is 12.4. The van der Waals surface area contributed by atoms with Gasteiger partial charge in [-0.2, -0.15) is 0 Å². The van der Waals surface area contributed by atoms with E-state index in [0.717, 1.165) is 5.56 Å². The molecule has 128 valence electrons. The van der Waals surface area contributed by atoms with Crippen molar-refractivity contribution < 1.29 is 19.4 Å². The molecule has 1 amide bonds. The molecular weight excluding hydrogens is 294 g/mol. The highest BCUT2D eigenvalue weighted by molar-refractivity contribution is 5.85. The summed E-state index contributed by atoms with van der Waals surface area (Å²) in [4.78, 5) is 25.9. The number of carbonyl (C=O) groups is 2. The third-order valence-electron chi connectivity index (χ3n) is 4.17. The summed E-state index contributed by atoms with van der Waals surface area (Å²) in [6.45, 7) is 9.55. The van der Waals surface area contributed by atoms with E-state index in [0.29, 0.717) is 6.54 Å². The number of hydrogen-bond donors (Lipinski definition) is 1. The average molecular weight is 321 g/mol. The SMILES string of the molecule is CCOC(=O)N(CC(C)C)C(C)(C(=O)O)C(C)c1ccccc1. The Kier molecular flexibility index (Phi) is 6.61. The first kappa shape index (κ1) is 19.0. The van der Waals surface area contributed by atoms with Gasteiger partial charge < -0.3 is 9.84 Å². The molecule has 2 unspecified atom stereocenters. The maximum absolute atomic E-state index is 12.4. The maximum Gasteiger partial charge on any atom is 0.410 e. The summed E-state index contributed by atoms with van der Waals surface area (Å²) < 4.78 is 5.11. The Morgan fingerprint density at radius 1 is 1.22 bits per heavy atom. The second-order valence-electron chi connectivity index (χ2n) is 6.29. The lowest BCUT2D eigenvalue weighted by Crippen LogP contribution is -2.59. The highest BCUT2D eigenvalue weighted by Crippen LogP contribution is 2.34. The largest absolute Gasteiger partial charge is 0.479 e. The number of amides is 1. The van der Waals surface area contributed by atoms with Crippen LogP contribution in [0.2, 0.25) is 0 Å². The van der Waals surface area contributed by atoms with Gasteiger partial charge in [-0.05, 0) is 25.3 Å². The van der Waals surface area contributed by atoms with Gasteiger partial charge >= 0.3 is 12.1 Å². The molecule has 0 saturated heterocycles. The van der Waals surface area contributed by atoms with Gasteiger partial charge in [-0.15, -0.1) is 0 Å². The Hall–Kier alpha value is -2.04. The van der Waals surface area contributed by atoms with Crippen LogP contribution in [-0.2, 0) is 9.53 Å². The molecular formula is C18H27NO4. The Balaban J connectivity index is 3.31. The number of ether oxygens (including phenoxy) is 1. The van der Waals surface area contributed by atoms with E-state index in [1.54, 1.807) is 13.8 Å². The number of carboxylic acids is 1. The van der Waals surface area contributed by atoms with Crippen molar-refractivity contribution in [2.75, 3.05) is 13.2 Å². The van der Waals surface area contributed by atoms with Crippen LogP contribution in [0, 0.1) is 5.92 Å². The highest BCUT2D eigenvalue weighted by Gasteiger charge is 2.48. The van der Waals surface area contributed by atoms with Gasteiger partial charge in [-0.3, -0.25) is 4.90 Å². The smallest absolute Gasteiger partial charge is 0.410 e. The standard InChI is InChI=1S/C18H27NO4/c1-6-23-17(22)19(12-13(2)3)18(5,16(20)21)14(4)15-10-8-7-9-11-15/h7-11,13-14H,6,12H2,1-5H3,(H,20,21). The summed E-state index contributed by atoms with van der Waals surface area (Å²) in [5.74, 6) is -1.30. The van der Waals surface area contributed by atoms with E-state index >= 15 is 0 Å². The van der Waals surface area contributed by atoms with E-state index in [9.17, 15) is 14.7 Å². The van der Waals surface area contributed by atoms with E-state index in [1.165, 1.54) is 4.90 Å². The average Bonchev–Trinajstić information content (AvgIpc) is 2.51. The highest BCUT2D eigenvalue weighted by atomic mass is 16.6. The van der Waals surface area contributed by atoms with Crippen molar-refractivity contribution in [1.29, 1.82) is 0 Å².